The van der Waals surface area contributed by atoms with Crippen molar-refractivity contribution in [3.8, 4) is 44.5 Å². The first-order valence-corrected chi connectivity index (χ1v) is 17.9. The first kappa shape index (κ1) is 30.7. The van der Waals surface area contributed by atoms with Crippen molar-refractivity contribution in [2.24, 2.45) is 0 Å². The Morgan fingerprint density at radius 1 is 0.380 bits per heavy atom. The van der Waals surface area contributed by atoms with Crippen LogP contribution in [0.5, 0.6) is 0 Å². The number of para-hydroxylation sites is 1. The minimum Gasteiger partial charge on any atom is -0.311 e. The molecule has 0 saturated heterocycles. The summed E-state index contributed by atoms with van der Waals surface area (Å²) in [6.45, 7) is 9.53. The minimum atomic E-state index is -0.0949. The van der Waals surface area contributed by atoms with Gasteiger partial charge in [-0.1, -0.05) is 125 Å². The number of fused-ring (bicyclic) bond motifs is 6. The summed E-state index contributed by atoms with van der Waals surface area (Å²) in [6, 6.07) is 57.8. The van der Waals surface area contributed by atoms with E-state index in [4.69, 9.17) is 0 Å². The van der Waals surface area contributed by atoms with Gasteiger partial charge in [0.1, 0.15) is 0 Å². The molecule has 0 amide bonds. The van der Waals surface area contributed by atoms with E-state index in [0.29, 0.717) is 0 Å². The van der Waals surface area contributed by atoms with Crippen LogP contribution < -0.4 is 4.90 Å². The lowest BCUT2D eigenvalue weighted by Crippen LogP contribution is -2.16. The molecule has 0 atom stereocenters. The molecule has 0 N–H and O–H groups in total. The SMILES string of the molecule is CC1(C)c2ccccc2-c2cc3c(cc21)-c1c(-c2ccc(N(c4ccccc4)c4ccc(-c5ccc(S)cc5)cc4)cc2)cccc1C3(C)C. The van der Waals surface area contributed by atoms with Crippen molar-refractivity contribution in [1.82, 2.24) is 0 Å². The lowest BCUT2D eigenvalue weighted by Gasteiger charge is -2.26. The molecule has 2 aliphatic carbocycles. The van der Waals surface area contributed by atoms with Crippen molar-refractivity contribution >= 4 is 29.7 Å². The summed E-state index contributed by atoms with van der Waals surface area (Å²) in [6.07, 6.45) is 0. The van der Waals surface area contributed by atoms with Gasteiger partial charge in [-0.15, -0.1) is 12.6 Å². The monoisotopic (exact) mass is 661 g/mol. The van der Waals surface area contributed by atoms with E-state index in [1.807, 2.05) is 12.1 Å². The Kier molecular flexibility index (Phi) is 6.99. The molecule has 0 aromatic heterocycles. The quantitative estimate of drug-likeness (QED) is 0.180. The van der Waals surface area contributed by atoms with Gasteiger partial charge in [0.05, 0.1) is 0 Å². The highest BCUT2D eigenvalue weighted by Gasteiger charge is 2.42. The van der Waals surface area contributed by atoms with Crippen molar-refractivity contribution in [2.45, 2.75) is 43.4 Å². The van der Waals surface area contributed by atoms with Crippen molar-refractivity contribution in [3.05, 3.63) is 180 Å². The maximum atomic E-state index is 4.46. The van der Waals surface area contributed by atoms with Crippen LogP contribution in [-0.4, -0.2) is 0 Å². The highest BCUT2D eigenvalue weighted by molar-refractivity contribution is 7.80. The van der Waals surface area contributed by atoms with Crippen molar-refractivity contribution in [2.75, 3.05) is 4.90 Å². The number of rotatable bonds is 5. The number of thiol groups is 1. The first-order chi connectivity index (χ1) is 24.2. The third kappa shape index (κ3) is 4.70. The fourth-order valence-electron chi connectivity index (χ4n) is 8.49. The predicted octanol–water partition coefficient (Wildman–Crippen LogP) is 13.4. The van der Waals surface area contributed by atoms with Gasteiger partial charge in [0.25, 0.3) is 0 Å². The van der Waals surface area contributed by atoms with Crippen LogP contribution in [0.1, 0.15) is 49.9 Å². The maximum Gasteiger partial charge on any atom is 0.0462 e. The first-order valence-electron chi connectivity index (χ1n) is 17.5. The average Bonchev–Trinajstić information content (AvgIpc) is 3.51. The molecule has 0 heterocycles. The zero-order valence-electron chi connectivity index (χ0n) is 28.9. The molecule has 2 aliphatic rings. The van der Waals surface area contributed by atoms with Gasteiger partial charge in [0, 0.05) is 32.8 Å². The smallest absolute Gasteiger partial charge is 0.0462 e. The number of anilines is 3. The van der Waals surface area contributed by atoms with Crippen LogP contribution in [0, 0.1) is 0 Å². The molecule has 50 heavy (non-hydrogen) atoms. The molecule has 7 aromatic carbocycles. The third-order valence-electron chi connectivity index (χ3n) is 11.2. The molecule has 242 valence electrons. The summed E-state index contributed by atoms with van der Waals surface area (Å²) in [5.41, 5.74) is 19.3. The van der Waals surface area contributed by atoms with Crippen molar-refractivity contribution in [3.63, 3.8) is 0 Å². The third-order valence-corrected chi connectivity index (χ3v) is 11.5. The highest BCUT2D eigenvalue weighted by Crippen LogP contribution is 2.57. The van der Waals surface area contributed by atoms with E-state index in [2.05, 4.69) is 191 Å². The molecule has 1 nitrogen and oxygen atoms in total. The van der Waals surface area contributed by atoms with Gasteiger partial charge in [0.2, 0.25) is 0 Å². The van der Waals surface area contributed by atoms with Crippen LogP contribution in [0.3, 0.4) is 0 Å². The Hall–Kier alpha value is -5.31. The molecule has 0 fully saturated rings. The van der Waals surface area contributed by atoms with Gasteiger partial charge in [-0.2, -0.15) is 0 Å². The summed E-state index contributed by atoms with van der Waals surface area (Å²) in [5.74, 6) is 0. The topological polar surface area (TPSA) is 3.24 Å². The molecule has 0 spiro atoms. The van der Waals surface area contributed by atoms with Crippen LogP contribution in [0.4, 0.5) is 17.1 Å². The van der Waals surface area contributed by atoms with Gasteiger partial charge < -0.3 is 4.90 Å². The second-order valence-corrected chi connectivity index (χ2v) is 15.3. The van der Waals surface area contributed by atoms with E-state index >= 15 is 0 Å². The van der Waals surface area contributed by atoms with Crippen LogP contribution in [0.2, 0.25) is 0 Å². The van der Waals surface area contributed by atoms with E-state index in [-0.39, 0.29) is 10.8 Å². The van der Waals surface area contributed by atoms with E-state index in [1.54, 1.807) is 0 Å². The lowest BCUT2D eigenvalue weighted by molar-refractivity contribution is 0.652. The van der Waals surface area contributed by atoms with Crippen LogP contribution in [-0.2, 0) is 10.8 Å². The standard InChI is InChI=1S/C48H39NS/c1-47(2)42-15-9-8-13-39(42)40-29-45-41(30-44(40)47)46-38(14-10-16-43(46)48(45,3)4)33-19-25-36(26-20-33)49(34-11-6-5-7-12-34)35-23-17-31(18-24-35)32-21-27-37(50)28-22-32/h5-30,50H,1-4H3. The number of hydrogen-bond acceptors (Lipinski definition) is 2. The molecule has 0 saturated carbocycles. The number of benzene rings is 7. The fraction of sp³-hybridized carbons (Fsp3) is 0.125. The molecule has 0 unspecified atom stereocenters. The summed E-state index contributed by atoms with van der Waals surface area (Å²) in [7, 11) is 0. The summed E-state index contributed by atoms with van der Waals surface area (Å²) >= 11 is 4.46. The van der Waals surface area contributed by atoms with Crippen LogP contribution >= 0.6 is 12.6 Å². The van der Waals surface area contributed by atoms with E-state index in [9.17, 15) is 0 Å². The van der Waals surface area contributed by atoms with Crippen molar-refractivity contribution < 1.29 is 0 Å². The van der Waals surface area contributed by atoms with Crippen LogP contribution in [0.25, 0.3) is 44.5 Å². The Morgan fingerprint density at radius 3 is 1.54 bits per heavy atom. The zero-order valence-corrected chi connectivity index (χ0v) is 29.8. The Bertz CT molecular complexity index is 2400. The van der Waals surface area contributed by atoms with E-state index in [1.165, 1.54) is 66.8 Å². The number of hydrogen-bond donors (Lipinski definition) is 1. The van der Waals surface area contributed by atoms with E-state index < -0.39 is 0 Å². The van der Waals surface area contributed by atoms with Gasteiger partial charge in [0.15, 0.2) is 0 Å². The second-order valence-electron chi connectivity index (χ2n) is 14.8. The normalized spacial score (nSPS) is 14.4. The van der Waals surface area contributed by atoms with Gasteiger partial charge >= 0.3 is 0 Å². The summed E-state index contributed by atoms with van der Waals surface area (Å²) in [5, 5.41) is 0. The van der Waals surface area contributed by atoms with Crippen LogP contribution in [0.15, 0.2) is 163 Å². The largest absolute Gasteiger partial charge is 0.311 e. The fourth-order valence-corrected chi connectivity index (χ4v) is 8.64. The average molecular weight is 662 g/mol. The van der Waals surface area contributed by atoms with Gasteiger partial charge in [-0.3, -0.25) is 0 Å². The molecule has 0 bridgehead atoms. The summed E-state index contributed by atoms with van der Waals surface area (Å²) < 4.78 is 0. The molecule has 2 heteroatoms. The predicted molar refractivity (Wildman–Crippen MR) is 214 cm³/mol. The number of nitrogens with zero attached hydrogens (tertiary/aromatic N) is 1. The molecule has 0 radical (unpaired) electrons. The zero-order chi connectivity index (χ0) is 34.2. The Balaban J connectivity index is 1.12. The molecule has 7 aromatic rings. The Labute approximate surface area is 301 Å². The molecule has 9 rings (SSSR count). The van der Waals surface area contributed by atoms with Gasteiger partial charge in [-0.05, 0) is 127 Å². The van der Waals surface area contributed by atoms with Gasteiger partial charge in [-0.25, -0.2) is 0 Å². The Morgan fingerprint density at radius 2 is 0.860 bits per heavy atom. The molecular formula is C48H39NS. The summed E-state index contributed by atoms with van der Waals surface area (Å²) in [4.78, 5) is 3.30. The van der Waals surface area contributed by atoms with Crippen molar-refractivity contribution in [1.29, 1.82) is 0 Å². The minimum absolute atomic E-state index is 0.0411. The molecular weight excluding hydrogens is 623 g/mol. The van der Waals surface area contributed by atoms with E-state index in [0.717, 1.165) is 22.0 Å². The highest BCUT2D eigenvalue weighted by atomic mass is 32.1. The second kappa shape index (κ2) is 11.4. The molecule has 0 aliphatic heterocycles. The lowest BCUT2D eigenvalue weighted by atomic mass is 9.79. The maximum absolute atomic E-state index is 4.46.